The van der Waals surface area contributed by atoms with Crippen LogP contribution in [0.15, 0.2) is 72.9 Å². The number of benzene rings is 2. The van der Waals surface area contributed by atoms with Crippen molar-refractivity contribution in [3.63, 3.8) is 0 Å². The molecule has 170 valence electrons. The number of aromatic hydroxyl groups is 1. The van der Waals surface area contributed by atoms with Crippen molar-refractivity contribution >= 4 is 10.9 Å². The number of phenols is 1. The molecule has 4 aromatic rings. The Kier molecular flexibility index (Phi) is 5.87. The molecular weight excluding hydrogens is 425 g/mol. The first-order valence-corrected chi connectivity index (χ1v) is 10.7. The molecule has 1 atom stereocenters. The van der Waals surface area contributed by atoms with E-state index in [1.165, 1.54) is 12.1 Å². The fourth-order valence-corrected chi connectivity index (χ4v) is 4.56. The predicted octanol–water partition coefficient (Wildman–Crippen LogP) is 7.06. The van der Waals surface area contributed by atoms with Crippen molar-refractivity contribution in [3.05, 3.63) is 101 Å². The molecule has 1 N–H and O–H groups in total. The van der Waals surface area contributed by atoms with Gasteiger partial charge >= 0.3 is 6.18 Å². The zero-order valence-electron chi connectivity index (χ0n) is 18.7. The molecule has 0 saturated carbocycles. The minimum Gasteiger partial charge on any atom is -0.505 e. The lowest BCUT2D eigenvalue weighted by Gasteiger charge is -2.36. The molecule has 4 rings (SSSR count). The number of fused-ring (bicyclic) bond motifs is 1. The summed E-state index contributed by atoms with van der Waals surface area (Å²) in [6.07, 6.45) is -2.23. The van der Waals surface area contributed by atoms with E-state index in [0.29, 0.717) is 23.1 Å². The van der Waals surface area contributed by atoms with Crippen molar-refractivity contribution in [2.45, 2.75) is 39.3 Å². The van der Waals surface area contributed by atoms with Crippen LogP contribution in [0.3, 0.4) is 0 Å². The summed E-state index contributed by atoms with van der Waals surface area (Å²) in [4.78, 5) is 8.95. The second-order valence-electron chi connectivity index (χ2n) is 9.07. The van der Waals surface area contributed by atoms with E-state index in [1.807, 2.05) is 57.2 Å². The molecule has 0 bridgehead atoms. The first-order valence-electron chi connectivity index (χ1n) is 10.7. The fourth-order valence-electron chi connectivity index (χ4n) is 4.56. The van der Waals surface area contributed by atoms with E-state index in [-0.39, 0.29) is 5.75 Å². The molecule has 0 saturated heterocycles. The standard InChI is InChI=1S/C27H25F3N2O/c1-17-6-4-8-21(32-17)16-26(2,3)23(18-9-12-20(13-10-18)27(28,29)30)22-14-11-19-7-5-15-31-24(19)25(22)33/h4-15,23,33H,16H2,1-3H3. The van der Waals surface area contributed by atoms with Crippen LogP contribution in [0.2, 0.25) is 0 Å². The third-order valence-electron chi connectivity index (χ3n) is 6.03. The van der Waals surface area contributed by atoms with Gasteiger partial charge in [0.1, 0.15) is 11.3 Å². The smallest absolute Gasteiger partial charge is 0.416 e. The number of phenolic OH excluding ortho intramolecular Hbond substituents is 1. The molecule has 0 amide bonds. The molecule has 2 heterocycles. The number of nitrogens with zero attached hydrogens (tertiary/aromatic N) is 2. The topological polar surface area (TPSA) is 46.0 Å². The largest absolute Gasteiger partial charge is 0.505 e. The van der Waals surface area contributed by atoms with Crippen LogP contribution < -0.4 is 0 Å². The Morgan fingerprint density at radius 3 is 2.30 bits per heavy atom. The van der Waals surface area contributed by atoms with Gasteiger partial charge in [-0.05, 0) is 54.7 Å². The molecule has 6 heteroatoms. The average molecular weight is 451 g/mol. The molecule has 0 radical (unpaired) electrons. The Morgan fingerprint density at radius 2 is 1.64 bits per heavy atom. The van der Waals surface area contributed by atoms with Gasteiger partial charge in [-0.3, -0.25) is 9.97 Å². The van der Waals surface area contributed by atoms with Crippen LogP contribution in [0.1, 0.15) is 47.8 Å². The molecule has 0 aliphatic rings. The molecule has 0 spiro atoms. The maximum absolute atomic E-state index is 13.2. The highest BCUT2D eigenvalue weighted by molar-refractivity contribution is 5.85. The molecule has 0 aliphatic heterocycles. The summed E-state index contributed by atoms with van der Waals surface area (Å²) in [5, 5.41) is 12.0. The summed E-state index contributed by atoms with van der Waals surface area (Å²) in [7, 11) is 0. The van der Waals surface area contributed by atoms with Crippen molar-refractivity contribution in [2.75, 3.05) is 0 Å². The van der Waals surface area contributed by atoms with Crippen LogP contribution in [-0.2, 0) is 12.6 Å². The molecule has 1 unspecified atom stereocenters. The Balaban J connectivity index is 1.86. The van der Waals surface area contributed by atoms with Gasteiger partial charge in [-0.25, -0.2) is 0 Å². The number of hydrogen-bond acceptors (Lipinski definition) is 3. The van der Waals surface area contributed by atoms with Crippen molar-refractivity contribution in [1.82, 2.24) is 9.97 Å². The molecule has 33 heavy (non-hydrogen) atoms. The summed E-state index contributed by atoms with van der Waals surface area (Å²) in [6.45, 7) is 6.01. The lowest BCUT2D eigenvalue weighted by Crippen LogP contribution is -2.27. The summed E-state index contributed by atoms with van der Waals surface area (Å²) in [5.41, 5.74) is 2.37. The van der Waals surface area contributed by atoms with E-state index in [9.17, 15) is 18.3 Å². The number of alkyl halides is 3. The van der Waals surface area contributed by atoms with Crippen LogP contribution in [0.25, 0.3) is 10.9 Å². The molecule has 0 fully saturated rings. The Bertz CT molecular complexity index is 1280. The van der Waals surface area contributed by atoms with Crippen molar-refractivity contribution in [2.24, 2.45) is 5.41 Å². The first kappa shape index (κ1) is 22.8. The van der Waals surface area contributed by atoms with Gasteiger partial charge in [0.25, 0.3) is 0 Å². The van der Waals surface area contributed by atoms with Gasteiger partial charge in [-0.1, -0.05) is 50.2 Å². The highest BCUT2D eigenvalue weighted by atomic mass is 19.4. The van der Waals surface area contributed by atoms with Crippen molar-refractivity contribution < 1.29 is 18.3 Å². The molecule has 3 nitrogen and oxygen atoms in total. The van der Waals surface area contributed by atoms with E-state index in [1.54, 1.807) is 12.3 Å². The summed E-state index contributed by atoms with van der Waals surface area (Å²) < 4.78 is 39.6. The van der Waals surface area contributed by atoms with Crippen molar-refractivity contribution in [3.8, 4) is 5.75 Å². The van der Waals surface area contributed by atoms with Gasteiger partial charge in [-0.2, -0.15) is 13.2 Å². The third kappa shape index (κ3) is 4.70. The number of hydrogen-bond donors (Lipinski definition) is 1. The molecule has 2 aromatic heterocycles. The van der Waals surface area contributed by atoms with Crippen molar-refractivity contribution in [1.29, 1.82) is 0 Å². The minimum atomic E-state index is -4.41. The van der Waals surface area contributed by atoms with Crippen LogP contribution in [-0.4, -0.2) is 15.1 Å². The van der Waals surface area contributed by atoms with Gasteiger partial charge in [0.15, 0.2) is 0 Å². The van der Waals surface area contributed by atoms with Gasteiger partial charge < -0.3 is 5.11 Å². The van der Waals surface area contributed by atoms with E-state index in [2.05, 4.69) is 9.97 Å². The SMILES string of the molecule is Cc1cccc(CC(C)(C)C(c2ccc(C(F)(F)F)cc2)c2ccc3cccnc3c2O)n1. The number of halogens is 3. The molecular formula is C27H25F3N2O. The second kappa shape index (κ2) is 8.50. The summed E-state index contributed by atoms with van der Waals surface area (Å²) >= 11 is 0. The van der Waals surface area contributed by atoms with E-state index >= 15 is 0 Å². The van der Waals surface area contributed by atoms with E-state index in [4.69, 9.17) is 0 Å². The normalized spacial score (nSPS) is 13.3. The maximum atomic E-state index is 13.2. The summed E-state index contributed by atoms with van der Waals surface area (Å²) in [5.74, 6) is -0.350. The van der Waals surface area contributed by atoms with Gasteiger partial charge in [-0.15, -0.1) is 0 Å². The average Bonchev–Trinajstić information content (AvgIpc) is 2.75. The number of pyridine rings is 2. The molecule has 0 aliphatic carbocycles. The number of aromatic nitrogens is 2. The van der Waals surface area contributed by atoms with Crippen LogP contribution >= 0.6 is 0 Å². The lowest BCUT2D eigenvalue weighted by atomic mass is 9.68. The first-order chi connectivity index (χ1) is 15.6. The quantitative estimate of drug-likeness (QED) is 0.354. The Morgan fingerprint density at radius 1 is 0.909 bits per heavy atom. The van der Waals surface area contributed by atoms with Gasteiger partial charge in [0.05, 0.1) is 5.56 Å². The predicted molar refractivity (Wildman–Crippen MR) is 123 cm³/mol. The summed E-state index contributed by atoms with van der Waals surface area (Å²) in [6, 6.07) is 18.4. The lowest BCUT2D eigenvalue weighted by molar-refractivity contribution is -0.137. The Labute approximate surface area is 191 Å². The maximum Gasteiger partial charge on any atom is 0.416 e. The second-order valence-corrected chi connectivity index (χ2v) is 9.07. The minimum absolute atomic E-state index is 0.0447. The van der Waals surface area contributed by atoms with Gasteiger partial charge in [0.2, 0.25) is 0 Å². The van der Waals surface area contributed by atoms with Crippen LogP contribution in [0.5, 0.6) is 5.75 Å². The Hall–Kier alpha value is -3.41. The monoisotopic (exact) mass is 450 g/mol. The number of aryl methyl sites for hydroxylation is 1. The fraction of sp³-hybridized carbons (Fsp3) is 0.259. The highest BCUT2D eigenvalue weighted by Gasteiger charge is 2.36. The third-order valence-corrected chi connectivity index (χ3v) is 6.03. The zero-order valence-corrected chi connectivity index (χ0v) is 18.7. The van der Waals surface area contributed by atoms with E-state index in [0.717, 1.165) is 28.9 Å². The zero-order chi connectivity index (χ0) is 23.8. The van der Waals surface area contributed by atoms with Crippen LogP contribution in [0, 0.1) is 12.3 Å². The van der Waals surface area contributed by atoms with E-state index < -0.39 is 23.1 Å². The van der Waals surface area contributed by atoms with Crippen LogP contribution in [0.4, 0.5) is 13.2 Å². The molecule has 2 aromatic carbocycles. The highest BCUT2D eigenvalue weighted by Crippen LogP contribution is 2.47. The number of rotatable bonds is 5. The van der Waals surface area contributed by atoms with Gasteiger partial charge in [0, 0.05) is 34.5 Å².